The van der Waals surface area contributed by atoms with E-state index in [1.54, 1.807) is 6.26 Å². The molecule has 1 aromatic heterocycles. The van der Waals surface area contributed by atoms with Gasteiger partial charge >= 0.3 is 0 Å². The molecule has 168 valence electrons. The molecule has 5 rings (SSSR count). The molecule has 6 nitrogen and oxygen atoms in total. The predicted molar refractivity (Wildman–Crippen MR) is 129 cm³/mol. The summed E-state index contributed by atoms with van der Waals surface area (Å²) in [4.78, 5) is 28.5. The van der Waals surface area contributed by atoms with Gasteiger partial charge in [-0.25, -0.2) is 0 Å². The Morgan fingerprint density at radius 3 is 2.79 bits per heavy atom. The molecule has 1 amide bonds. The van der Waals surface area contributed by atoms with Gasteiger partial charge in [0, 0.05) is 23.4 Å². The number of hydrogen-bond donors (Lipinski definition) is 2. The zero-order chi connectivity index (χ0) is 22.9. The summed E-state index contributed by atoms with van der Waals surface area (Å²) in [6.07, 6.45) is 3.71. The van der Waals surface area contributed by atoms with Crippen LogP contribution >= 0.6 is 0 Å². The normalized spacial score (nSPS) is 17.7. The topological polar surface area (TPSA) is 74.6 Å². The van der Waals surface area contributed by atoms with Crippen LogP contribution in [0.1, 0.15) is 42.2 Å². The summed E-state index contributed by atoms with van der Waals surface area (Å²) in [6, 6.07) is 17.1. The number of Topliss-reactive ketones (excluding diaryl/α,β-unsaturated/α-hetero) is 1. The van der Waals surface area contributed by atoms with Crippen LogP contribution in [-0.2, 0) is 9.59 Å². The van der Waals surface area contributed by atoms with Crippen LogP contribution in [-0.4, -0.2) is 18.2 Å². The average Bonchev–Trinajstić information content (AvgIpc) is 3.28. The van der Waals surface area contributed by atoms with Crippen molar-refractivity contribution in [1.29, 1.82) is 0 Å². The SMILES string of the molecule is Cc1ccc(C)c(NC(=O)CN2c3ccccc3NC3=C(C(=O)CCC3)C2c2ccco2)c1. The number of hydrogen-bond acceptors (Lipinski definition) is 5. The van der Waals surface area contributed by atoms with Crippen molar-refractivity contribution in [2.45, 2.75) is 39.2 Å². The summed E-state index contributed by atoms with van der Waals surface area (Å²) in [5.74, 6) is 0.594. The average molecular weight is 442 g/mol. The van der Waals surface area contributed by atoms with Crippen molar-refractivity contribution in [1.82, 2.24) is 0 Å². The van der Waals surface area contributed by atoms with Crippen molar-refractivity contribution in [3.05, 3.63) is 89.0 Å². The highest BCUT2D eigenvalue weighted by Gasteiger charge is 2.38. The van der Waals surface area contributed by atoms with Crippen molar-refractivity contribution >= 4 is 28.8 Å². The van der Waals surface area contributed by atoms with Gasteiger partial charge < -0.3 is 20.0 Å². The number of allylic oxidation sites excluding steroid dienone is 1. The maximum Gasteiger partial charge on any atom is 0.243 e. The lowest BCUT2D eigenvalue weighted by Crippen LogP contribution is -2.38. The zero-order valence-electron chi connectivity index (χ0n) is 18.9. The van der Waals surface area contributed by atoms with Crippen LogP contribution in [0.15, 0.2) is 76.5 Å². The second-order valence-electron chi connectivity index (χ2n) is 8.72. The summed E-state index contributed by atoms with van der Waals surface area (Å²) < 4.78 is 5.82. The molecule has 1 aliphatic carbocycles. The van der Waals surface area contributed by atoms with Crippen molar-refractivity contribution in [3.63, 3.8) is 0 Å². The van der Waals surface area contributed by atoms with E-state index in [1.165, 1.54) is 0 Å². The fourth-order valence-electron chi connectivity index (χ4n) is 4.73. The Morgan fingerprint density at radius 2 is 1.97 bits per heavy atom. The molecule has 1 atom stereocenters. The minimum Gasteiger partial charge on any atom is -0.467 e. The first-order valence-corrected chi connectivity index (χ1v) is 11.3. The number of fused-ring (bicyclic) bond motifs is 1. The summed E-state index contributed by atoms with van der Waals surface area (Å²) in [6.45, 7) is 4.05. The standard InChI is InChI=1S/C27H27N3O3/c1-17-12-13-18(2)21(15-17)29-25(32)16-30-22-9-4-3-7-19(22)28-20-8-5-10-23(31)26(20)27(30)24-11-6-14-33-24/h3-4,6-7,9,11-15,27-28H,5,8,10,16H2,1-2H3,(H,29,32). The van der Waals surface area contributed by atoms with E-state index >= 15 is 0 Å². The molecule has 0 radical (unpaired) electrons. The van der Waals surface area contributed by atoms with E-state index in [4.69, 9.17) is 4.42 Å². The fraction of sp³-hybridized carbons (Fsp3) is 0.259. The molecular formula is C27H27N3O3. The highest BCUT2D eigenvalue weighted by Crippen LogP contribution is 2.44. The largest absolute Gasteiger partial charge is 0.467 e. The minimum atomic E-state index is -0.483. The molecule has 0 bridgehead atoms. The van der Waals surface area contributed by atoms with Gasteiger partial charge in [-0.05, 0) is 68.1 Å². The van der Waals surface area contributed by atoms with Gasteiger partial charge in [0.25, 0.3) is 0 Å². The number of carbonyl (C=O) groups excluding carboxylic acids is 2. The predicted octanol–water partition coefficient (Wildman–Crippen LogP) is 5.52. The molecule has 2 heterocycles. The Kier molecular flexibility index (Phi) is 5.50. The van der Waals surface area contributed by atoms with Crippen LogP contribution in [0, 0.1) is 13.8 Å². The fourth-order valence-corrected chi connectivity index (χ4v) is 4.73. The molecule has 1 unspecified atom stereocenters. The molecule has 33 heavy (non-hydrogen) atoms. The van der Waals surface area contributed by atoms with E-state index in [2.05, 4.69) is 10.6 Å². The number of anilines is 3. The number of ketones is 1. The van der Waals surface area contributed by atoms with E-state index in [-0.39, 0.29) is 18.2 Å². The number of para-hydroxylation sites is 2. The Balaban J connectivity index is 1.58. The summed E-state index contributed by atoms with van der Waals surface area (Å²) in [5.41, 5.74) is 6.22. The van der Waals surface area contributed by atoms with Crippen LogP contribution in [0.3, 0.4) is 0 Å². The van der Waals surface area contributed by atoms with E-state index in [9.17, 15) is 9.59 Å². The van der Waals surface area contributed by atoms with Gasteiger partial charge in [-0.15, -0.1) is 0 Å². The number of furan rings is 1. The molecule has 0 saturated heterocycles. The molecule has 1 aliphatic heterocycles. The molecule has 0 saturated carbocycles. The maximum absolute atomic E-state index is 13.3. The maximum atomic E-state index is 13.3. The molecule has 0 spiro atoms. The first-order chi connectivity index (χ1) is 16.0. The third-order valence-corrected chi connectivity index (χ3v) is 6.33. The van der Waals surface area contributed by atoms with Crippen molar-refractivity contribution < 1.29 is 14.0 Å². The first-order valence-electron chi connectivity index (χ1n) is 11.3. The molecular weight excluding hydrogens is 414 g/mol. The summed E-state index contributed by atoms with van der Waals surface area (Å²) in [5, 5.41) is 6.56. The van der Waals surface area contributed by atoms with Crippen LogP contribution in [0.5, 0.6) is 0 Å². The second-order valence-corrected chi connectivity index (χ2v) is 8.72. The van der Waals surface area contributed by atoms with Crippen molar-refractivity contribution in [2.75, 3.05) is 22.1 Å². The third kappa shape index (κ3) is 4.04. The summed E-state index contributed by atoms with van der Waals surface area (Å²) >= 11 is 0. The number of benzene rings is 2. The Bertz CT molecular complexity index is 1240. The Hall–Kier alpha value is -3.80. The Morgan fingerprint density at radius 1 is 1.12 bits per heavy atom. The van der Waals surface area contributed by atoms with Gasteiger partial charge in [-0.3, -0.25) is 9.59 Å². The molecule has 2 aliphatic rings. The van der Waals surface area contributed by atoms with E-state index in [1.807, 2.05) is 73.3 Å². The van der Waals surface area contributed by atoms with Gasteiger partial charge in [0.15, 0.2) is 5.78 Å². The van der Waals surface area contributed by atoms with E-state index in [0.29, 0.717) is 17.8 Å². The van der Waals surface area contributed by atoms with Crippen LogP contribution in [0.25, 0.3) is 0 Å². The lowest BCUT2D eigenvalue weighted by molar-refractivity contribution is -0.117. The van der Waals surface area contributed by atoms with Crippen molar-refractivity contribution in [3.8, 4) is 0 Å². The van der Waals surface area contributed by atoms with E-state index < -0.39 is 6.04 Å². The number of carbonyl (C=O) groups is 2. The highest BCUT2D eigenvalue weighted by molar-refractivity contribution is 6.02. The van der Waals surface area contributed by atoms with Gasteiger partial charge in [0.2, 0.25) is 5.91 Å². The van der Waals surface area contributed by atoms with E-state index in [0.717, 1.165) is 46.7 Å². The van der Waals surface area contributed by atoms with Gasteiger partial charge in [0.05, 0.1) is 24.2 Å². The third-order valence-electron chi connectivity index (χ3n) is 6.33. The van der Waals surface area contributed by atoms with Crippen LogP contribution in [0.2, 0.25) is 0 Å². The molecule has 3 aromatic rings. The van der Waals surface area contributed by atoms with Gasteiger partial charge in [0.1, 0.15) is 11.8 Å². The number of aryl methyl sites for hydroxylation is 2. The second kappa shape index (κ2) is 8.62. The number of amides is 1. The number of nitrogens with zero attached hydrogens (tertiary/aromatic N) is 1. The van der Waals surface area contributed by atoms with Crippen LogP contribution < -0.4 is 15.5 Å². The number of nitrogens with one attached hydrogen (secondary N) is 2. The monoisotopic (exact) mass is 441 g/mol. The lowest BCUT2D eigenvalue weighted by atomic mass is 9.88. The smallest absolute Gasteiger partial charge is 0.243 e. The highest BCUT2D eigenvalue weighted by atomic mass is 16.3. The Labute approximate surface area is 193 Å². The molecule has 0 fully saturated rings. The van der Waals surface area contributed by atoms with Gasteiger partial charge in [-0.1, -0.05) is 24.3 Å². The molecule has 6 heteroatoms. The molecule has 2 N–H and O–H groups in total. The lowest BCUT2D eigenvalue weighted by Gasteiger charge is -2.33. The van der Waals surface area contributed by atoms with Gasteiger partial charge in [-0.2, -0.15) is 0 Å². The summed E-state index contributed by atoms with van der Waals surface area (Å²) in [7, 11) is 0. The van der Waals surface area contributed by atoms with Crippen LogP contribution in [0.4, 0.5) is 17.1 Å². The number of rotatable bonds is 4. The first kappa shape index (κ1) is 21.1. The quantitative estimate of drug-likeness (QED) is 0.558. The minimum absolute atomic E-state index is 0.0709. The molecule has 2 aromatic carbocycles. The zero-order valence-corrected chi connectivity index (χ0v) is 18.9. The van der Waals surface area contributed by atoms with Crippen molar-refractivity contribution in [2.24, 2.45) is 0 Å².